The van der Waals surface area contributed by atoms with Gasteiger partial charge in [-0.05, 0) is 23.8 Å². The molecule has 0 bridgehead atoms. The molecule has 1 aromatic heterocycles. The Kier molecular flexibility index (Phi) is 4.08. The van der Waals surface area contributed by atoms with Crippen molar-refractivity contribution in [2.75, 3.05) is 4.72 Å². The van der Waals surface area contributed by atoms with Crippen LogP contribution in [0.2, 0.25) is 0 Å². The van der Waals surface area contributed by atoms with Gasteiger partial charge in [0.15, 0.2) is 5.03 Å². The quantitative estimate of drug-likeness (QED) is 0.811. The fourth-order valence-corrected chi connectivity index (χ4v) is 2.61. The molecule has 0 saturated heterocycles. The van der Waals surface area contributed by atoms with E-state index >= 15 is 0 Å². The number of aryl methyl sites for hydroxylation is 1. The highest BCUT2D eigenvalue weighted by Crippen LogP contribution is 2.15. The van der Waals surface area contributed by atoms with E-state index in [0.29, 0.717) is 11.3 Å². The first kappa shape index (κ1) is 14.8. The van der Waals surface area contributed by atoms with Gasteiger partial charge in [-0.1, -0.05) is 12.1 Å². The zero-order valence-corrected chi connectivity index (χ0v) is 11.9. The molecule has 0 aliphatic rings. The number of aliphatic carboxylic acids is 1. The van der Waals surface area contributed by atoms with Crippen LogP contribution >= 0.6 is 0 Å². The number of nitrogens with zero attached hydrogens (tertiary/aromatic N) is 2. The van der Waals surface area contributed by atoms with Crippen molar-refractivity contribution >= 4 is 27.8 Å². The van der Waals surface area contributed by atoms with Gasteiger partial charge in [0.05, 0.1) is 6.33 Å². The number of rotatable bonds is 5. The minimum Gasteiger partial charge on any atom is -0.478 e. The average Bonchev–Trinajstić information content (AvgIpc) is 2.85. The highest BCUT2D eigenvalue weighted by Gasteiger charge is 2.16. The molecule has 0 aliphatic heterocycles. The molecule has 0 spiro atoms. The maximum atomic E-state index is 12.0. The topological polar surface area (TPSA) is 101 Å². The molecular formula is C13H13N3O4S. The zero-order chi connectivity index (χ0) is 15.5. The van der Waals surface area contributed by atoms with E-state index in [9.17, 15) is 13.2 Å². The molecule has 1 heterocycles. The highest BCUT2D eigenvalue weighted by atomic mass is 32.2. The maximum Gasteiger partial charge on any atom is 0.328 e. The molecule has 2 rings (SSSR count). The number of anilines is 1. The molecule has 21 heavy (non-hydrogen) atoms. The van der Waals surface area contributed by atoms with Crippen LogP contribution in [0.3, 0.4) is 0 Å². The number of aromatic nitrogens is 2. The number of benzene rings is 1. The van der Waals surface area contributed by atoms with Crippen molar-refractivity contribution in [3.63, 3.8) is 0 Å². The number of sulfonamides is 1. The van der Waals surface area contributed by atoms with Crippen molar-refractivity contribution in [1.82, 2.24) is 9.55 Å². The Morgan fingerprint density at radius 1 is 1.33 bits per heavy atom. The molecule has 110 valence electrons. The van der Waals surface area contributed by atoms with Crippen molar-refractivity contribution in [2.45, 2.75) is 5.03 Å². The van der Waals surface area contributed by atoms with Crippen LogP contribution in [0.15, 0.2) is 47.9 Å². The van der Waals surface area contributed by atoms with Crippen LogP contribution in [0.25, 0.3) is 6.08 Å². The van der Waals surface area contributed by atoms with Crippen LogP contribution < -0.4 is 4.72 Å². The largest absolute Gasteiger partial charge is 0.478 e. The molecule has 1 aromatic carbocycles. The predicted octanol–water partition coefficient (Wildman–Crippen LogP) is 1.32. The summed E-state index contributed by atoms with van der Waals surface area (Å²) in [6, 6.07) is 6.30. The number of carboxylic acids is 1. The molecule has 8 heteroatoms. The first-order chi connectivity index (χ1) is 9.87. The van der Waals surface area contributed by atoms with Crippen molar-refractivity contribution in [2.24, 2.45) is 7.05 Å². The summed E-state index contributed by atoms with van der Waals surface area (Å²) in [6.07, 6.45) is 5.22. The van der Waals surface area contributed by atoms with Crippen molar-refractivity contribution in [3.8, 4) is 0 Å². The van der Waals surface area contributed by atoms with Gasteiger partial charge in [-0.15, -0.1) is 0 Å². The van der Waals surface area contributed by atoms with Gasteiger partial charge in [0.25, 0.3) is 10.0 Å². The summed E-state index contributed by atoms with van der Waals surface area (Å²) >= 11 is 0. The lowest BCUT2D eigenvalue weighted by Crippen LogP contribution is -2.13. The van der Waals surface area contributed by atoms with E-state index in [2.05, 4.69) is 9.71 Å². The third kappa shape index (κ3) is 3.93. The summed E-state index contributed by atoms with van der Waals surface area (Å²) in [5.74, 6) is -1.05. The number of hydrogen-bond donors (Lipinski definition) is 2. The Bertz CT molecular complexity index is 776. The molecule has 2 N–H and O–H groups in total. The minimum atomic E-state index is -3.73. The number of carbonyl (C=O) groups is 1. The van der Waals surface area contributed by atoms with E-state index in [0.717, 1.165) is 6.08 Å². The van der Waals surface area contributed by atoms with Gasteiger partial charge in [0, 0.05) is 25.0 Å². The average molecular weight is 307 g/mol. The molecule has 0 saturated carbocycles. The monoisotopic (exact) mass is 307 g/mol. The van der Waals surface area contributed by atoms with Gasteiger partial charge in [0.1, 0.15) is 0 Å². The van der Waals surface area contributed by atoms with Gasteiger partial charge in [-0.25, -0.2) is 9.78 Å². The Balaban J connectivity index is 2.15. The van der Waals surface area contributed by atoms with Crippen LogP contribution in [-0.4, -0.2) is 29.0 Å². The van der Waals surface area contributed by atoms with E-state index in [1.807, 2.05) is 0 Å². The standard InChI is InChI=1S/C13H13N3O4S/c1-16-8-12(14-9-16)21(19,20)15-11-5-2-10(3-6-11)4-7-13(17)18/h2-9,15H,1H3,(H,17,18). The lowest BCUT2D eigenvalue weighted by molar-refractivity contribution is -0.131. The second kappa shape index (κ2) is 5.80. The molecule has 0 amide bonds. The van der Waals surface area contributed by atoms with E-state index in [-0.39, 0.29) is 5.03 Å². The number of carboxylic acid groups (broad SMARTS) is 1. The molecule has 0 radical (unpaired) electrons. The van der Waals surface area contributed by atoms with Gasteiger partial charge >= 0.3 is 5.97 Å². The lowest BCUT2D eigenvalue weighted by atomic mass is 10.2. The number of imidazole rings is 1. The smallest absolute Gasteiger partial charge is 0.328 e. The van der Waals surface area contributed by atoms with Gasteiger partial charge in [0.2, 0.25) is 0 Å². The van der Waals surface area contributed by atoms with Gasteiger partial charge < -0.3 is 9.67 Å². The fraction of sp³-hybridized carbons (Fsp3) is 0.0769. The first-order valence-corrected chi connectivity index (χ1v) is 7.37. The van der Waals surface area contributed by atoms with Crippen molar-refractivity contribution in [1.29, 1.82) is 0 Å². The molecule has 7 nitrogen and oxygen atoms in total. The molecule has 0 aliphatic carbocycles. The van der Waals surface area contributed by atoms with Gasteiger partial charge in [-0.3, -0.25) is 4.72 Å². The normalized spacial score (nSPS) is 11.7. The Hall–Kier alpha value is -2.61. The maximum absolute atomic E-state index is 12.0. The van der Waals surface area contributed by atoms with Gasteiger partial charge in [-0.2, -0.15) is 8.42 Å². The number of nitrogens with one attached hydrogen (secondary N) is 1. The molecule has 2 aromatic rings. The van der Waals surface area contributed by atoms with E-state index < -0.39 is 16.0 Å². The Morgan fingerprint density at radius 3 is 2.52 bits per heavy atom. The first-order valence-electron chi connectivity index (χ1n) is 5.89. The summed E-state index contributed by atoms with van der Waals surface area (Å²) < 4.78 is 28.0. The third-order valence-electron chi connectivity index (χ3n) is 2.54. The van der Waals surface area contributed by atoms with Crippen molar-refractivity contribution < 1.29 is 18.3 Å². The second-order valence-corrected chi connectivity index (χ2v) is 5.91. The third-order valence-corrected chi connectivity index (χ3v) is 3.80. The molecule has 0 unspecified atom stereocenters. The summed E-state index contributed by atoms with van der Waals surface area (Å²) in [7, 11) is -2.05. The number of hydrogen-bond acceptors (Lipinski definition) is 4. The lowest BCUT2D eigenvalue weighted by Gasteiger charge is -2.05. The van der Waals surface area contributed by atoms with Crippen molar-refractivity contribution in [3.05, 3.63) is 48.4 Å². The second-order valence-electron chi connectivity index (χ2n) is 4.28. The van der Waals surface area contributed by atoms with E-state index in [1.165, 1.54) is 23.2 Å². The summed E-state index contributed by atoms with van der Waals surface area (Å²) in [6.45, 7) is 0. The summed E-state index contributed by atoms with van der Waals surface area (Å²) in [5.41, 5.74) is 1.02. The van der Waals surface area contributed by atoms with Crippen LogP contribution in [0, 0.1) is 0 Å². The zero-order valence-electron chi connectivity index (χ0n) is 11.1. The Morgan fingerprint density at radius 2 is 2.00 bits per heavy atom. The predicted molar refractivity (Wildman–Crippen MR) is 77.1 cm³/mol. The molecular weight excluding hydrogens is 294 g/mol. The van der Waals surface area contributed by atoms with Crippen LogP contribution in [0.5, 0.6) is 0 Å². The van der Waals surface area contributed by atoms with Crippen LogP contribution in [0.1, 0.15) is 5.56 Å². The fourth-order valence-electron chi connectivity index (χ4n) is 1.56. The van der Waals surface area contributed by atoms with Crippen LogP contribution in [0.4, 0.5) is 5.69 Å². The molecule has 0 fully saturated rings. The molecule has 0 atom stereocenters. The van der Waals surface area contributed by atoms with Crippen LogP contribution in [-0.2, 0) is 21.9 Å². The summed E-state index contributed by atoms with van der Waals surface area (Å²) in [4.78, 5) is 14.2. The Labute approximate surface area is 121 Å². The van der Waals surface area contributed by atoms with E-state index in [4.69, 9.17) is 5.11 Å². The minimum absolute atomic E-state index is 0.0696. The van der Waals surface area contributed by atoms with E-state index in [1.54, 1.807) is 31.3 Å². The summed E-state index contributed by atoms with van der Waals surface area (Å²) in [5, 5.41) is 8.45. The SMILES string of the molecule is Cn1cnc(S(=O)(=O)Nc2ccc(C=CC(=O)O)cc2)c1. The highest BCUT2D eigenvalue weighted by molar-refractivity contribution is 7.92.